The van der Waals surface area contributed by atoms with Crippen LogP contribution in [0.4, 0.5) is 0 Å². The van der Waals surface area contributed by atoms with E-state index in [1.165, 1.54) is 10.9 Å². The minimum atomic E-state index is 0.936. The van der Waals surface area contributed by atoms with Crippen LogP contribution in [0.5, 0.6) is 0 Å². The van der Waals surface area contributed by atoms with Crippen molar-refractivity contribution in [3.63, 3.8) is 0 Å². The number of hydrogen-bond acceptors (Lipinski definition) is 2. The molecule has 0 fully saturated rings. The molecule has 0 bridgehead atoms. The first-order chi connectivity index (χ1) is 7.11. The molecule has 0 radical (unpaired) electrons. The molecule has 0 unspecified atom stereocenters. The van der Waals surface area contributed by atoms with E-state index in [-0.39, 0.29) is 0 Å². The van der Waals surface area contributed by atoms with Crippen LogP contribution in [0, 0.1) is 6.92 Å². The maximum atomic E-state index is 4.46. The summed E-state index contributed by atoms with van der Waals surface area (Å²) in [6.07, 6.45) is 1.87. The average Bonchev–Trinajstić information content (AvgIpc) is 2.18. The number of fused-ring (bicyclic) bond motifs is 1. The van der Waals surface area contributed by atoms with Crippen molar-refractivity contribution < 1.29 is 0 Å². The second-order valence-electron chi connectivity index (χ2n) is 3.60. The Hall–Kier alpha value is -0.860. The summed E-state index contributed by atoms with van der Waals surface area (Å²) >= 11 is 8.80. The van der Waals surface area contributed by atoms with Crippen molar-refractivity contribution in [2.75, 3.05) is 0 Å². The van der Waals surface area contributed by atoms with Crippen LogP contribution in [0.25, 0.3) is 16.8 Å². The van der Waals surface area contributed by atoms with Crippen molar-refractivity contribution in [3.05, 3.63) is 42.0 Å². The van der Waals surface area contributed by atoms with Crippen LogP contribution in [0.3, 0.4) is 0 Å². The van der Waals surface area contributed by atoms with Crippen LogP contribution in [0.2, 0.25) is 0 Å². The van der Waals surface area contributed by atoms with Gasteiger partial charge in [-0.25, -0.2) is 0 Å². The van der Waals surface area contributed by atoms with Gasteiger partial charge in [0.15, 0.2) is 0 Å². The van der Waals surface area contributed by atoms with Gasteiger partial charge in [-0.15, -0.1) is 25.3 Å². The van der Waals surface area contributed by atoms with Crippen molar-refractivity contribution in [1.82, 2.24) is 0 Å². The summed E-state index contributed by atoms with van der Waals surface area (Å²) in [6, 6.07) is 8.27. The SMILES string of the molecule is C=Cc1cc2cc(S)cc(S)c2cc1C. The number of aryl methyl sites for hydroxylation is 1. The maximum absolute atomic E-state index is 4.46. The zero-order valence-electron chi connectivity index (χ0n) is 8.49. The molecule has 2 heteroatoms. The highest BCUT2D eigenvalue weighted by molar-refractivity contribution is 7.81. The van der Waals surface area contributed by atoms with Crippen LogP contribution < -0.4 is 0 Å². The van der Waals surface area contributed by atoms with Crippen molar-refractivity contribution in [3.8, 4) is 0 Å². The van der Waals surface area contributed by atoms with Crippen molar-refractivity contribution in [2.24, 2.45) is 0 Å². The summed E-state index contributed by atoms with van der Waals surface area (Å²) in [5.41, 5.74) is 2.38. The second-order valence-corrected chi connectivity index (χ2v) is 4.60. The van der Waals surface area contributed by atoms with Crippen LogP contribution in [0.1, 0.15) is 11.1 Å². The van der Waals surface area contributed by atoms with Gasteiger partial charge >= 0.3 is 0 Å². The Kier molecular flexibility index (Phi) is 2.81. The topological polar surface area (TPSA) is 0 Å². The highest BCUT2D eigenvalue weighted by atomic mass is 32.1. The van der Waals surface area contributed by atoms with Gasteiger partial charge < -0.3 is 0 Å². The molecule has 15 heavy (non-hydrogen) atoms. The first kappa shape index (κ1) is 10.7. The molecule has 0 aromatic heterocycles. The van der Waals surface area contributed by atoms with Gasteiger partial charge in [0.1, 0.15) is 0 Å². The summed E-state index contributed by atoms with van der Waals surface area (Å²) in [5, 5.41) is 2.33. The zero-order valence-corrected chi connectivity index (χ0v) is 10.3. The molecule has 0 amide bonds. The molecular weight excluding hydrogens is 220 g/mol. The van der Waals surface area contributed by atoms with E-state index in [1.54, 1.807) is 0 Å². The van der Waals surface area contributed by atoms with Crippen LogP contribution in [-0.4, -0.2) is 0 Å². The van der Waals surface area contributed by atoms with E-state index in [0.717, 1.165) is 20.7 Å². The Morgan fingerprint density at radius 2 is 1.87 bits per heavy atom. The van der Waals surface area contributed by atoms with Gasteiger partial charge in [0.2, 0.25) is 0 Å². The third-order valence-electron chi connectivity index (χ3n) is 2.52. The molecule has 0 saturated heterocycles. The average molecular weight is 232 g/mol. The lowest BCUT2D eigenvalue weighted by molar-refractivity contribution is 1.38. The van der Waals surface area contributed by atoms with Gasteiger partial charge in [-0.2, -0.15) is 0 Å². The number of rotatable bonds is 1. The number of benzene rings is 2. The predicted octanol–water partition coefficient (Wildman–Crippen LogP) is 4.37. The normalized spacial score (nSPS) is 10.6. The lowest BCUT2D eigenvalue weighted by Crippen LogP contribution is -1.84. The number of thiol groups is 2. The molecule has 0 aliphatic rings. The Balaban J connectivity index is 2.87. The molecule has 2 aromatic carbocycles. The van der Waals surface area contributed by atoms with Gasteiger partial charge in [0.05, 0.1) is 0 Å². The van der Waals surface area contributed by atoms with Crippen molar-refractivity contribution in [2.45, 2.75) is 16.7 Å². The van der Waals surface area contributed by atoms with Crippen molar-refractivity contribution in [1.29, 1.82) is 0 Å². The number of hydrogen-bond donors (Lipinski definition) is 2. The molecule has 0 aliphatic carbocycles. The Morgan fingerprint density at radius 3 is 2.53 bits per heavy atom. The maximum Gasteiger partial charge on any atom is 0.0130 e. The van der Waals surface area contributed by atoms with Gasteiger partial charge in [-0.1, -0.05) is 12.7 Å². The van der Waals surface area contributed by atoms with Gasteiger partial charge in [-0.05, 0) is 53.1 Å². The van der Waals surface area contributed by atoms with E-state index in [4.69, 9.17) is 0 Å². The van der Waals surface area contributed by atoms with E-state index < -0.39 is 0 Å². The van der Waals surface area contributed by atoms with E-state index in [0.29, 0.717) is 0 Å². The van der Waals surface area contributed by atoms with E-state index in [1.807, 2.05) is 18.2 Å². The summed E-state index contributed by atoms with van der Waals surface area (Å²) in [6.45, 7) is 5.89. The fourth-order valence-electron chi connectivity index (χ4n) is 1.72. The van der Waals surface area contributed by atoms with Crippen molar-refractivity contribution >= 4 is 42.1 Å². The summed E-state index contributed by atoms with van der Waals surface area (Å²) in [5.74, 6) is 0. The van der Waals surface area contributed by atoms with Gasteiger partial charge in [0, 0.05) is 9.79 Å². The highest BCUT2D eigenvalue weighted by Gasteiger charge is 2.03. The minimum absolute atomic E-state index is 0.936. The lowest BCUT2D eigenvalue weighted by atomic mass is 10.0. The fraction of sp³-hybridized carbons (Fsp3) is 0.0769. The van der Waals surface area contributed by atoms with Crippen LogP contribution in [-0.2, 0) is 0 Å². The van der Waals surface area contributed by atoms with Crippen LogP contribution >= 0.6 is 25.3 Å². The molecule has 2 aromatic rings. The first-order valence-electron chi connectivity index (χ1n) is 4.70. The molecule has 0 atom stereocenters. The third-order valence-corrected chi connectivity index (χ3v) is 3.15. The predicted molar refractivity (Wildman–Crippen MR) is 73.3 cm³/mol. The lowest BCUT2D eigenvalue weighted by Gasteiger charge is -2.07. The van der Waals surface area contributed by atoms with E-state index >= 15 is 0 Å². The molecule has 2 rings (SSSR count). The molecule has 0 nitrogen and oxygen atoms in total. The molecular formula is C13H12S2. The summed E-state index contributed by atoms with van der Waals surface area (Å²) in [4.78, 5) is 1.91. The summed E-state index contributed by atoms with van der Waals surface area (Å²) in [7, 11) is 0. The van der Waals surface area contributed by atoms with Gasteiger partial charge in [-0.3, -0.25) is 0 Å². The fourth-order valence-corrected chi connectivity index (χ4v) is 2.43. The quantitative estimate of drug-likeness (QED) is 0.670. The minimum Gasteiger partial charge on any atom is -0.143 e. The van der Waals surface area contributed by atoms with E-state index in [9.17, 15) is 0 Å². The Labute approximate surface area is 101 Å². The van der Waals surface area contributed by atoms with Gasteiger partial charge in [0.25, 0.3) is 0 Å². The second kappa shape index (κ2) is 3.95. The molecule has 0 aliphatic heterocycles. The monoisotopic (exact) mass is 232 g/mol. The zero-order chi connectivity index (χ0) is 11.0. The molecule has 0 saturated carbocycles. The Morgan fingerprint density at radius 1 is 1.13 bits per heavy atom. The molecule has 0 heterocycles. The largest absolute Gasteiger partial charge is 0.143 e. The first-order valence-corrected chi connectivity index (χ1v) is 5.60. The van der Waals surface area contributed by atoms with E-state index in [2.05, 4.69) is 50.9 Å². The highest BCUT2D eigenvalue weighted by Crippen LogP contribution is 2.28. The standard InChI is InChI=1S/C13H12S2/c1-3-9-5-10-6-11(14)7-13(15)12(10)4-8(9)2/h3-7,14-15H,1H2,2H3. The molecule has 76 valence electrons. The smallest absolute Gasteiger partial charge is 0.0130 e. The molecule has 0 N–H and O–H groups in total. The third kappa shape index (κ3) is 1.92. The van der Waals surface area contributed by atoms with Crippen LogP contribution in [0.15, 0.2) is 40.6 Å². The molecule has 0 spiro atoms. The summed E-state index contributed by atoms with van der Waals surface area (Å²) < 4.78 is 0. The Bertz CT molecular complexity index is 542.